The molecule has 0 atom stereocenters. The maximum atomic E-state index is 12.7. The lowest BCUT2D eigenvalue weighted by Crippen LogP contribution is -2.39. The smallest absolute Gasteiger partial charge is 0.332 e. The van der Waals surface area contributed by atoms with Crippen molar-refractivity contribution in [3.8, 4) is 6.07 Å². The highest BCUT2D eigenvalue weighted by molar-refractivity contribution is 6.31. The van der Waals surface area contributed by atoms with E-state index >= 15 is 0 Å². The van der Waals surface area contributed by atoms with Gasteiger partial charge in [0.2, 0.25) is 5.95 Å². The minimum absolute atomic E-state index is 0.0258. The average Bonchev–Trinajstić information content (AvgIpc) is 2.85. The first-order valence-corrected chi connectivity index (χ1v) is 7.33. The molecule has 0 bridgehead atoms. The van der Waals surface area contributed by atoms with E-state index in [1.807, 2.05) is 6.07 Å². The number of anilines is 1. The molecule has 2 N–H and O–H groups in total. The number of imidazole rings is 1. The van der Waals surface area contributed by atoms with Gasteiger partial charge in [-0.1, -0.05) is 17.7 Å². The number of aromatic nitrogens is 4. The zero-order valence-corrected chi connectivity index (χ0v) is 13.7. The van der Waals surface area contributed by atoms with E-state index in [-0.39, 0.29) is 28.7 Å². The van der Waals surface area contributed by atoms with E-state index in [1.165, 1.54) is 16.2 Å². The van der Waals surface area contributed by atoms with Crippen LogP contribution in [0.1, 0.15) is 11.1 Å². The van der Waals surface area contributed by atoms with Crippen molar-refractivity contribution < 1.29 is 0 Å². The molecule has 0 radical (unpaired) electrons. The van der Waals surface area contributed by atoms with Crippen LogP contribution in [-0.2, 0) is 20.6 Å². The molecule has 3 aromatic rings. The lowest BCUT2D eigenvalue weighted by atomic mass is 10.1. The first-order valence-electron chi connectivity index (χ1n) is 6.95. The fraction of sp³-hybridized carbons (Fsp3) is 0.200. The molecule has 0 aliphatic carbocycles. The van der Waals surface area contributed by atoms with Crippen LogP contribution < -0.4 is 17.0 Å². The number of hydrogen-bond acceptors (Lipinski definition) is 5. The van der Waals surface area contributed by atoms with Crippen LogP contribution in [0.5, 0.6) is 0 Å². The summed E-state index contributed by atoms with van der Waals surface area (Å²) < 4.78 is 3.80. The highest BCUT2D eigenvalue weighted by atomic mass is 35.5. The Bertz CT molecular complexity index is 1130. The van der Waals surface area contributed by atoms with Gasteiger partial charge < -0.3 is 10.3 Å². The Labute approximate surface area is 140 Å². The molecule has 0 aliphatic heterocycles. The lowest BCUT2D eigenvalue weighted by Gasteiger charge is -2.09. The molecule has 0 unspecified atom stereocenters. The molecule has 122 valence electrons. The summed E-state index contributed by atoms with van der Waals surface area (Å²) in [6.45, 7) is 0.0258. The standard InChI is InChI=1S/C15H13ClN6O2/c1-20-11-12(19-14(20)18)21(2)15(24)22(13(11)23)7-8-3-4-9(6-17)10(16)5-8/h3-5H,7H2,1-2H3,(H2,18,19). The number of nitrogens with zero attached hydrogens (tertiary/aromatic N) is 5. The van der Waals surface area contributed by atoms with Gasteiger partial charge in [0, 0.05) is 14.1 Å². The second-order valence-corrected chi connectivity index (χ2v) is 5.77. The SMILES string of the molecule is Cn1c(N)nc2c1c(=O)n(Cc1ccc(C#N)c(Cl)c1)c(=O)n2C. The number of nitrogen functional groups attached to an aromatic ring is 1. The molecule has 2 aromatic heterocycles. The van der Waals surface area contributed by atoms with Crippen LogP contribution in [-0.4, -0.2) is 18.7 Å². The predicted molar refractivity (Wildman–Crippen MR) is 89.9 cm³/mol. The maximum absolute atomic E-state index is 12.7. The highest BCUT2D eigenvalue weighted by Crippen LogP contribution is 2.17. The summed E-state index contributed by atoms with van der Waals surface area (Å²) in [6, 6.07) is 6.72. The monoisotopic (exact) mass is 344 g/mol. The number of aryl methyl sites for hydroxylation is 2. The fourth-order valence-corrected chi connectivity index (χ4v) is 2.78. The van der Waals surface area contributed by atoms with Crippen molar-refractivity contribution >= 4 is 28.7 Å². The predicted octanol–water partition coefficient (Wildman–Crippen LogP) is 0.589. The lowest BCUT2D eigenvalue weighted by molar-refractivity contribution is 0.655. The summed E-state index contributed by atoms with van der Waals surface area (Å²) in [6.07, 6.45) is 0. The fourth-order valence-electron chi connectivity index (χ4n) is 2.53. The van der Waals surface area contributed by atoms with Crippen LogP contribution in [0.15, 0.2) is 27.8 Å². The van der Waals surface area contributed by atoms with Gasteiger partial charge in [-0.25, -0.2) is 4.79 Å². The summed E-state index contributed by atoms with van der Waals surface area (Å²) in [5.41, 5.74) is 6.18. The summed E-state index contributed by atoms with van der Waals surface area (Å²) in [5, 5.41) is 9.18. The van der Waals surface area contributed by atoms with Crippen molar-refractivity contribution in [2.45, 2.75) is 6.54 Å². The molecular formula is C15H13ClN6O2. The molecule has 3 rings (SSSR count). The van der Waals surface area contributed by atoms with Crippen LogP contribution in [0.25, 0.3) is 11.2 Å². The summed E-state index contributed by atoms with van der Waals surface area (Å²) >= 11 is 6.01. The average molecular weight is 345 g/mol. The third-order valence-corrected chi connectivity index (χ3v) is 4.20. The third-order valence-electron chi connectivity index (χ3n) is 3.89. The van der Waals surface area contributed by atoms with Gasteiger partial charge in [0.15, 0.2) is 11.2 Å². The Balaban J connectivity index is 2.22. The summed E-state index contributed by atoms with van der Waals surface area (Å²) in [4.78, 5) is 29.2. The van der Waals surface area contributed by atoms with Crippen LogP contribution in [0.4, 0.5) is 5.95 Å². The first-order chi connectivity index (χ1) is 11.3. The number of nitriles is 1. The van der Waals surface area contributed by atoms with Crippen molar-refractivity contribution in [3.63, 3.8) is 0 Å². The van der Waals surface area contributed by atoms with Crippen molar-refractivity contribution in [1.29, 1.82) is 5.26 Å². The number of halogens is 1. The van der Waals surface area contributed by atoms with Gasteiger partial charge in [-0.15, -0.1) is 0 Å². The van der Waals surface area contributed by atoms with Gasteiger partial charge in [0.25, 0.3) is 5.56 Å². The molecule has 2 heterocycles. The van der Waals surface area contributed by atoms with Crippen LogP contribution in [0, 0.1) is 11.3 Å². The molecule has 0 amide bonds. The van der Waals surface area contributed by atoms with Crippen molar-refractivity contribution in [2.24, 2.45) is 14.1 Å². The molecule has 0 spiro atoms. The van der Waals surface area contributed by atoms with E-state index in [2.05, 4.69) is 4.98 Å². The first kappa shape index (κ1) is 15.8. The Morgan fingerprint density at radius 3 is 2.62 bits per heavy atom. The molecule has 9 heteroatoms. The number of nitrogens with two attached hydrogens (primary N) is 1. The zero-order chi connectivity index (χ0) is 17.6. The Kier molecular flexibility index (Phi) is 3.66. The van der Waals surface area contributed by atoms with Crippen molar-refractivity contribution in [1.82, 2.24) is 18.7 Å². The molecule has 0 aliphatic rings. The number of fused-ring (bicyclic) bond motifs is 1. The largest absolute Gasteiger partial charge is 0.369 e. The zero-order valence-electron chi connectivity index (χ0n) is 12.9. The van der Waals surface area contributed by atoms with Gasteiger partial charge in [0.1, 0.15) is 6.07 Å². The van der Waals surface area contributed by atoms with Crippen LogP contribution >= 0.6 is 11.6 Å². The minimum atomic E-state index is -0.508. The molecular weight excluding hydrogens is 332 g/mol. The summed E-state index contributed by atoms with van der Waals surface area (Å²) in [7, 11) is 3.14. The number of rotatable bonds is 2. The van der Waals surface area contributed by atoms with Gasteiger partial charge in [0.05, 0.1) is 17.1 Å². The quantitative estimate of drug-likeness (QED) is 0.731. The second kappa shape index (κ2) is 5.54. The van der Waals surface area contributed by atoms with E-state index in [1.54, 1.807) is 25.2 Å². The van der Waals surface area contributed by atoms with E-state index in [9.17, 15) is 9.59 Å². The normalized spacial score (nSPS) is 10.9. The second-order valence-electron chi connectivity index (χ2n) is 5.36. The van der Waals surface area contributed by atoms with Gasteiger partial charge in [-0.05, 0) is 17.7 Å². The summed E-state index contributed by atoms with van der Waals surface area (Å²) in [5.74, 6) is 0.149. The molecule has 0 fully saturated rings. The maximum Gasteiger partial charge on any atom is 0.332 e. The molecule has 24 heavy (non-hydrogen) atoms. The Morgan fingerprint density at radius 2 is 2.00 bits per heavy atom. The van der Waals surface area contributed by atoms with Gasteiger partial charge >= 0.3 is 5.69 Å². The van der Waals surface area contributed by atoms with Gasteiger partial charge in [-0.2, -0.15) is 10.2 Å². The number of hydrogen-bond donors (Lipinski definition) is 1. The van der Waals surface area contributed by atoms with E-state index in [4.69, 9.17) is 22.6 Å². The Morgan fingerprint density at radius 1 is 1.29 bits per heavy atom. The topological polar surface area (TPSA) is 112 Å². The van der Waals surface area contributed by atoms with Crippen LogP contribution in [0.2, 0.25) is 5.02 Å². The van der Waals surface area contributed by atoms with Crippen LogP contribution in [0.3, 0.4) is 0 Å². The molecule has 8 nitrogen and oxygen atoms in total. The molecule has 1 aromatic carbocycles. The third kappa shape index (κ3) is 2.26. The van der Waals surface area contributed by atoms with Crippen molar-refractivity contribution in [3.05, 3.63) is 55.2 Å². The van der Waals surface area contributed by atoms with Crippen molar-refractivity contribution in [2.75, 3.05) is 5.73 Å². The van der Waals surface area contributed by atoms with Gasteiger partial charge in [-0.3, -0.25) is 13.9 Å². The van der Waals surface area contributed by atoms with E-state index < -0.39 is 11.2 Å². The highest BCUT2D eigenvalue weighted by Gasteiger charge is 2.17. The van der Waals surface area contributed by atoms with E-state index in [0.29, 0.717) is 11.1 Å². The number of benzene rings is 1. The molecule has 0 saturated carbocycles. The minimum Gasteiger partial charge on any atom is -0.369 e. The molecule has 0 saturated heterocycles. The van der Waals surface area contributed by atoms with E-state index in [0.717, 1.165) is 4.57 Å². The Hall–Kier alpha value is -3.05.